The average molecular weight is 240 g/mol. The van der Waals surface area contributed by atoms with Gasteiger partial charge in [0.2, 0.25) is 0 Å². The van der Waals surface area contributed by atoms with Crippen molar-refractivity contribution in [2.24, 2.45) is 0 Å². The van der Waals surface area contributed by atoms with Crippen molar-refractivity contribution in [1.82, 2.24) is 20.1 Å². The van der Waals surface area contributed by atoms with Crippen LogP contribution in [0, 0.1) is 0 Å². The van der Waals surface area contributed by atoms with Crippen LogP contribution in [0.15, 0.2) is 18.5 Å². The molecule has 4 rings (SSSR count). The number of nitrogens with zero attached hydrogens (tertiary/aromatic N) is 3. The van der Waals surface area contributed by atoms with Crippen LogP contribution in [0.2, 0.25) is 0 Å². The molecule has 3 heterocycles. The first-order valence-electron chi connectivity index (χ1n) is 6.16. The van der Waals surface area contributed by atoms with Crippen LogP contribution >= 0.6 is 0 Å². The quantitative estimate of drug-likeness (QED) is 0.740. The molecule has 2 aliphatic rings. The third-order valence-electron chi connectivity index (χ3n) is 3.68. The monoisotopic (exact) mass is 240 g/mol. The second-order valence-corrected chi connectivity index (χ2v) is 4.69. The number of carbonyl (C=O) groups excluding carboxylic acids is 1. The van der Waals surface area contributed by atoms with Crippen molar-refractivity contribution in [3.63, 3.8) is 0 Å². The van der Waals surface area contributed by atoms with Crippen LogP contribution in [0.5, 0.6) is 0 Å². The van der Waals surface area contributed by atoms with Gasteiger partial charge < -0.3 is 5.32 Å². The fourth-order valence-electron chi connectivity index (χ4n) is 2.84. The molecule has 1 amide bonds. The van der Waals surface area contributed by atoms with Crippen LogP contribution in [0.1, 0.15) is 21.6 Å². The summed E-state index contributed by atoms with van der Waals surface area (Å²) in [5.74, 6) is 0.00695. The van der Waals surface area contributed by atoms with E-state index in [1.54, 1.807) is 6.20 Å². The molecule has 0 saturated carbocycles. The van der Waals surface area contributed by atoms with Crippen molar-refractivity contribution >= 4 is 5.91 Å². The Hall–Kier alpha value is -2.17. The van der Waals surface area contributed by atoms with Gasteiger partial charge in [-0.15, -0.1) is 0 Å². The highest BCUT2D eigenvalue weighted by molar-refractivity contribution is 5.96. The molecule has 5 heteroatoms. The summed E-state index contributed by atoms with van der Waals surface area (Å²) >= 11 is 0. The van der Waals surface area contributed by atoms with E-state index < -0.39 is 0 Å². The zero-order chi connectivity index (χ0) is 12.1. The number of aromatic nitrogens is 3. The lowest BCUT2D eigenvalue weighted by molar-refractivity contribution is 0.0923. The summed E-state index contributed by atoms with van der Waals surface area (Å²) in [4.78, 5) is 16.1. The molecule has 0 atom stereocenters. The summed E-state index contributed by atoms with van der Waals surface area (Å²) in [5.41, 5.74) is 5.15. The molecule has 0 fully saturated rings. The first-order chi connectivity index (χ1) is 8.84. The maximum Gasteiger partial charge on any atom is 0.269 e. The molecular formula is C13H12N4O. The molecule has 2 aromatic heterocycles. The van der Waals surface area contributed by atoms with Gasteiger partial charge in [0.15, 0.2) is 0 Å². The normalized spacial score (nSPS) is 16.6. The van der Waals surface area contributed by atoms with Crippen LogP contribution in [0.4, 0.5) is 0 Å². The molecule has 5 nitrogen and oxygen atoms in total. The number of carbonyl (C=O) groups is 1. The first-order valence-corrected chi connectivity index (χ1v) is 6.16. The fourth-order valence-corrected chi connectivity index (χ4v) is 2.84. The van der Waals surface area contributed by atoms with E-state index in [4.69, 9.17) is 0 Å². The Morgan fingerprint density at radius 1 is 1.33 bits per heavy atom. The summed E-state index contributed by atoms with van der Waals surface area (Å²) in [7, 11) is 0. The predicted molar refractivity (Wildman–Crippen MR) is 65.2 cm³/mol. The van der Waals surface area contributed by atoms with Crippen molar-refractivity contribution in [2.75, 3.05) is 6.54 Å². The fraction of sp³-hybridized carbons (Fsp3) is 0.308. The third kappa shape index (κ3) is 1.19. The molecule has 1 aliphatic carbocycles. The van der Waals surface area contributed by atoms with E-state index in [0.717, 1.165) is 41.9 Å². The highest BCUT2D eigenvalue weighted by Crippen LogP contribution is 2.34. The van der Waals surface area contributed by atoms with E-state index in [1.165, 1.54) is 5.56 Å². The molecule has 2 aromatic rings. The van der Waals surface area contributed by atoms with Gasteiger partial charge >= 0.3 is 0 Å². The van der Waals surface area contributed by atoms with Gasteiger partial charge in [-0.25, -0.2) is 0 Å². The highest BCUT2D eigenvalue weighted by atomic mass is 16.2. The van der Waals surface area contributed by atoms with Crippen molar-refractivity contribution in [1.29, 1.82) is 0 Å². The lowest BCUT2D eigenvalue weighted by Gasteiger charge is -2.17. The van der Waals surface area contributed by atoms with Crippen LogP contribution in [0.25, 0.3) is 11.3 Å². The van der Waals surface area contributed by atoms with Gasteiger partial charge in [0.05, 0.1) is 12.2 Å². The highest BCUT2D eigenvalue weighted by Gasteiger charge is 2.29. The second-order valence-electron chi connectivity index (χ2n) is 4.69. The van der Waals surface area contributed by atoms with E-state index >= 15 is 0 Å². The van der Waals surface area contributed by atoms with Crippen LogP contribution in [-0.4, -0.2) is 27.2 Å². The number of pyridine rings is 1. The second kappa shape index (κ2) is 3.41. The first kappa shape index (κ1) is 9.82. The molecule has 0 radical (unpaired) electrons. The van der Waals surface area contributed by atoms with Gasteiger partial charge in [0.1, 0.15) is 5.69 Å². The number of hydrogen-bond donors (Lipinski definition) is 1. The Morgan fingerprint density at radius 3 is 3.22 bits per heavy atom. The van der Waals surface area contributed by atoms with Crippen molar-refractivity contribution in [3.05, 3.63) is 35.3 Å². The van der Waals surface area contributed by atoms with Gasteiger partial charge in [0.25, 0.3) is 5.91 Å². The van der Waals surface area contributed by atoms with Crippen LogP contribution in [-0.2, 0) is 19.4 Å². The minimum Gasteiger partial charge on any atom is -0.349 e. The van der Waals surface area contributed by atoms with Crippen LogP contribution in [0.3, 0.4) is 0 Å². The molecular weight excluding hydrogens is 228 g/mol. The molecule has 0 bridgehead atoms. The summed E-state index contributed by atoms with van der Waals surface area (Å²) in [6.45, 7) is 1.42. The topological polar surface area (TPSA) is 59.8 Å². The van der Waals surface area contributed by atoms with E-state index in [0.29, 0.717) is 6.54 Å². The number of fused-ring (bicyclic) bond motifs is 5. The standard InChI is InChI=1S/C13H12N4O/c18-13-12-10-2-1-8-7-14-4-3-9(8)11(10)16-17(12)6-5-15-13/h3-4,7H,1-2,5-6H2,(H,15,18). The van der Waals surface area contributed by atoms with Crippen molar-refractivity contribution in [2.45, 2.75) is 19.4 Å². The molecule has 1 N–H and O–H groups in total. The minimum absolute atomic E-state index is 0.00695. The summed E-state index contributed by atoms with van der Waals surface area (Å²) in [5, 5.41) is 7.50. The Morgan fingerprint density at radius 2 is 2.28 bits per heavy atom. The van der Waals surface area contributed by atoms with Crippen LogP contribution < -0.4 is 5.32 Å². The SMILES string of the molecule is O=C1NCCn2nc3c(c21)CCc1cnccc1-3. The van der Waals surface area contributed by atoms with Gasteiger partial charge in [0, 0.05) is 30.1 Å². The van der Waals surface area contributed by atoms with Crippen molar-refractivity contribution in [3.8, 4) is 11.3 Å². The molecule has 0 aromatic carbocycles. The molecule has 1 aliphatic heterocycles. The number of amides is 1. The number of rotatable bonds is 0. The Balaban J connectivity index is 1.99. The molecule has 0 spiro atoms. The maximum absolute atomic E-state index is 11.9. The number of hydrogen-bond acceptors (Lipinski definition) is 3. The van der Waals surface area contributed by atoms with E-state index in [1.807, 2.05) is 16.9 Å². The zero-order valence-electron chi connectivity index (χ0n) is 9.81. The van der Waals surface area contributed by atoms with E-state index in [9.17, 15) is 4.79 Å². The van der Waals surface area contributed by atoms with Gasteiger partial charge in [-0.05, 0) is 24.5 Å². The zero-order valence-corrected chi connectivity index (χ0v) is 9.81. The largest absolute Gasteiger partial charge is 0.349 e. The van der Waals surface area contributed by atoms with E-state index in [-0.39, 0.29) is 5.91 Å². The minimum atomic E-state index is 0.00695. The maximum atomic E-state index is 11.9. The Bertz CT molecular complexity index is 659. The molecule has 90 valence electrons. The average Bonchev–Trinajstić information content (AvgIpc) is 2.79. The Labute approximate surface area is 104 Å². The van der Waals surface area contributed by atoms with Crippen molar-refractivity contribution < 1.29 is 4.79 Å². The number of nitrogens with one attached hydrogen (secondary N) is 1. The summed E-state index contributed by atoms with van der Waals surface area (Å²) in [6, 6.07) is 1.99. The summed E-state index contributed by atoms with van der Waals surface area (Å²) in [6.07, 6.45) is 5.49. The number of aryl methyl sites for hydroxylation is 1. The van der Waals surface area contributed by atoms with Gasteiger partial charge in [-0.1, -0.05) is 0 Å². The molecule has 18 heavy (non-hydrogen) atoms. The summed E-state index contributed by atoms with van der Waals surface area (Å²) < 4.78 is 1.85. The van der Waals surface area contributed by atoms with Gasteiger partial charge in [-0.3, -0.25) is 14.5 Å². The lowest BCUT2D eigenvalue weighted by Crippen LogP contribution is -2.36. The van der Waals surface area contributed by atoms with E-state index in [2.05, 4.69) is 15.4 Å². The smallest absolute Gasteiger partial charge is 0.269 e. The molecule has 0 unspecified atom stereocenters. The third-order valence-corrected chi connectivity index (χ3v) is 3.68. The molecule has 0 saturated heterocycles. The Kier molecular flexibility index (Phi) is 1.86. The van der Waals surface area contributed by atoms with Gasteiger partial charge in [-0.2, -0.15) is 5.10 Å². The lowest BCUT2D eigenvalue weighted by atomic mass is 9.90. The predicted octanol–water partition coefficient (Wildman–Crippen LogP) is 0.787.